The summed E-state index contributed by atoms with van der Waals surface area (Å²) >= 11 is 0. The van der Waals surface area contributed by atoms with Crippen molar-refractivity contribution in [1.82, 2.24) is 0 Å². The molecule has 0 aromatic carbocycles. The summed E-state index contributed by atoms with van der Waals surface area (Å²) in [5.41, 5.74) is -2.47. The van der Waals surface area contributed by atoms with Crippen LogP contribution in [0.1, 0.15) is 52.9 Å². The molecule has 5 fully saturated rings. The van der Waals surface area contributed by atoms with Crippen LogP contribution in [-0.2, 0) is 19.1 Å². The summed E-state index contributed by atoms with van der Waals surface area (Å²) in [6.45, 7) is 5.68. The highest BCUT2D eigenvalue weighted by Gasteiger charge is 2.80. The lowest BCUT2D eigenvalue weighted by Crippen LogP contribution is -2.75. The molecule has 3 N–H and O–H groups in total. The molecular weight excluding hydrogens is 376 g/mol. The smallest absolute Gasteiger partial charge is 0.302 e. The first-order valence-electron chi connectivity index (χ1n) is 11.0. The Kier molecular flexibility index (Phi) is 4.14. The number of aliphatic hydroxyl groups excluding tert-OH is 3. The molecule has 5 rings (SSSR count). The van der Waals surface area contributed by atoms with Crippen LogP contribution in [0.3, 0.4) is 0 Å². The highest BCUT2D eigenvalue weighted by atomic mass is 16.6. The molecule has 1 heterocycles. The summed E-state index contributed by atoms with van der Waals surface area (Å²) in [6.07, 6.45) is -0.640. The molecule has 1 spiro atoms. The quantitative estimate of drug-likeness (QED) is 0.555. The van der Waals surface area contributed by atoms with E-state index in [1.165, 1.54) is 6.92 Å². The SMILES string of the molecule is CC(=O)O[C@H]1C[C@@H]2[C@@H](O)[C@@]3(C(=O)[C@@H]2C)[C@H](O)C[C@@H]2[C@@]4(C)CCC[C@@]2([C@@H](O)OC4)[C@H]13. The van der Waals surface area contributed by atoms with Crippen molar-refractivity contribution in [2.75, 3.05) is 6.61 Å². The summed E-state index contributed by atoms with van der Waals surface area (Å²) in [4.78, 5) is 25.6. The lowest BCUT2D eigenvalue weighted by molar-refractivity contribution is -0.357. The Hall–Kier alpha value is -1.02. The average molecular weight is 408 g/mol. The number of carbonyl (C=O) groups excluding carboxylic acids is 2. The van der Waals surface area contributed by atoms with Gasteiger partial charge in [-0.1, -0.05) is 20.3 Å². The van der Waals surface area contributed by atoms with Gasteiger partial charge in [0.25, 0.3) is 0 Å². The molecule has 162 valence electrons. The zero-order valence-electron chi connectivity index (χ0n) is 17.3. The second-order valence-electron chi connectivity index (χ2n) is 10.6. The minimum Gasteiger partial charge on any atom is -0.462 e. The Morgan fingerprint density at radius 1 is 1.21 bits per heavy atom. The first-order valence-corrected chi connectivity index (χ1v) is 11.0. The fraction of sp³-hybridized carbons (Fsp3) is 0.909. The molecule has 29 heavy (non-hydrogen) atoms. The predicted octanol–water partition coefficient (Wildman–Crippen LogP) is 1.03. The number of ether oxygens (including phenoxy) is 2. The van der Waals surface area contributed by atoms with E-state index in [0.717, 1.165) is 12.8 Å². The molecule has 0 unspecified atom stereocenters. The number of fused-ring (bicyclic) bond motifs is 1. The van der Waals surface area contributed by atoms with E-state index in [0.29, 0.717) is 25.9 Å². The Labute approximate surface area is 170 Å². The number of esters is 1. The van der Waals surface area contributed by atoms with E-state index in [1.54, 1.807) is 6.92 Å². The Balaban J connectivity index is 1.75. The molecule has 1 aliphatic heterocycles. The maximum Gasteiger partial charge on any atom is 0.302 e. The third-order valence-corrected chi connectivity index (χ3v) is 9.55. The van der Waals surface area contributed by atoms with Crippen LogP contribution in [0.5, 0.6) is 0 Å². The van der Waals surface area contributed by atoms with Crippen LogP contribution in [0.15, 0.2) is 0 Å². The number of Topliss-reactive ketones (excluding diaryl/α,β-unsaturated/α-hetero) is 1. The van der Waals surface area contributed by atoms with E-state index in [2.05, 4.69) is 6.92 Å². The Bertz CT molecular complexity index is 753. The molecule has 5 aliphatic rings. The highest BCUT2D eigenvalue weighted by Crippen LogP contribution is 2.73. The number of hydrogen-bond donors (Lipinski definition) is 3. The van der Waals surface area contributed by atoms with Crippen LogP contribution < -0.4 is 0 Å². The number of ketones is 1. The molecule has 0 radical (unpaired) electrons. The predicted molar refractivity (Wildman–Crippen MR) is 100 cm³/mol. The first kappa shape index (κ1) is 19.9. The van der Waals surface area contributed by atoms with Gasteiger partial charge in [-0.05, 0) is 42.9 Å². The third-order valence-electron chi connectivity index (χ3n) is 9.55. The van der Waals surface area contributed by atoms with Gasteiger partial charge < -0.3 is 24.8 Å². The molecule has 4 aliphatic carbocycles. The summed E-state index contributed by atoms with van der Waals surface area (Å²) in [5.74, 6) is -2.11. The van der Waals surface area contributed by atoms with E-state index < -0.39 is 53.2 Å². The number of aliphatic hydroxyl groups is 3. The van der Waals surface area contributed by atoms with Crippen molar-refractivity contribution in [3.63, 3.8) is 0 Å². The third kappa shape index (κ3) is 2.13. The maximum absolute atomic E-state index is 13.6. The maximum atomic E-state index is 13.6. The summed E-state index contributed by atoms with van der Waals surface area (Å²) in [7, 11) is 0. The largest absolute Gasteiger partial charge is 0.462 e. The van der Waals surface area contributed by atoms with Crippen molar-refractivity contribution in [3.8, 4) is 0 Å². The molecule has 0 aromatic rings. The van der Waals surface area contributed by atoms with Crippen molar-refractivity contribution in [3.05, 3.63) is 0 Å². The standard InChI is InChI=1S/C22H32O7/c1-10-12-7-13(29-11(2)23)16-21-6-4-5-20(3,9-28-19(21)27)14(21)8-15(24)22(16,17(10)25)18(12)26/h10,12-16,18-19,24,26-27H,4-9H2,1-3H3/t10-,12+,13+,14-,15-,16+,18-,19+,20+,21+,22+/m1/s1. The van der Waals surface area contributed by atoms with Crippen molar-refractivity contribution in [2.45, 2.75) is 77.5 Å². The number of hydrogen-bond acceptors (Lipinski definition) is 7. The van der Waals surface area contributed by atoms with Gasteiger partial charge in [0.2, 0.25) is 0 Å². The van der Waals surface area contributed by atoms with Crippen LogP contribution in [-0.4, -0.2) is 58.3 Å². The lowest BCUT2D eigenvalue weighted by atomic mass is 9.37. The van der Waals surface area contributed by atoms with Crippen LogP contribution in [0, 0.1) is 39.9 Å². The van der Waals surface area contributed by atoms with E-state index in [9.17, 15) is 24.9 Å². The van der Waals surface area contributed by atoms with Crippen LogP contribution in [0.4, 0.5) is 0 Å². The van der Waals surface area contributed by atoms with Gasteiger partial charge in [-0.3, -0.25) is 9.59 Å². The molecule has 7 nitrogen and oxygen atoms in total. The van der Waals surface area contributed by atoms with E-state index in [4.69, 9.17) is 9.47 Å². The van der Waals surface area contributed by atoms with Gasteiger partial charge in [-0.15, -0.1) is 0 Å². The minimum atomic E-state index is -1.42. The summed E-state index contributed by atoms with van der Waals surface area (Å²) in [5, 5.41) is 34.0. The molecule has 1 saturated heterocycles. The first-order chi connectivity index (χ1) is 13.6. The molecule has 4 saturated carbocycles. The van der Waals surface area contributed by atoms with E-state index in [-0.39, 0.29) is 23.0 Å². The fourth-order valence-corrected chi connectivity index (χ4v) is 8.57. The van der Waals surface area contributed by atoms with Gasteiger partial charge in [0.1, 0.15) is 11.9 Å². The average Bonchev–Trinajstić information content (AvgIpc) is 2.76. The van der Waals surface area contributed by atoms with Gasteiger partial charge in [-0.25, -0.2) is 0 Å². The van der Waals surface area contributed by atoms with Gasteiger partial charge in [0.05, 0.1) is 24.2 Å². The molecule has 0 amide bonds. The normalized spacial score (nSPS) is 58.3. The Morgan fingerprint density at radius 2 is 1.93 bits per heavy atom. The topological polar surface area (TPSA) is 113 Å². The van der Waals surface area contributed by atoms with Crippen molar-refractivity contribution in [2.24, 2.45) is 39.9 Å². The zero-order valence-corrected chi connectivity index (χ0v) is 17.3. The molecular formula is C22H32O7. The van der Waals surface area contributed by atoms with Gasteiger partial charge in [-0.2, -0.15) is 0 Å². The highest BCUT2D eigenvalue weighted by molar-refractivity contribution is 5.92. The molecule has 7 heteroatoms. The van der Waals surface area contributed by atoms with Gasteiger partial charge in [0, 0.05) is 24.2 Å². The van der Waals surface area contributed by atoms with E-state index in [1.807, 2.05) is 0 Å². The number of rotatable bonds is 1. The van der Waals surface area contributed by atoms with Crippen LogP contribution >= 0.6 is 0 Å². The minimum absolute atomic E-state index is 0.0661. The van der Waals surface area contributed by atoms with Crippen molar-refractivity contribution < 1.29 is 34.4 Å². The molecule has 4 bridgehead atoms. The lowest BCUT2D eigenvalue weighted by Gasteiger charge is -2.70. The zero-order chi connectivity index (χ0) is 20.9. The summed E-state index contributed by atoms with van der Waals surface area (Å²) < 4.78 is 11.7. The number of carbonyl (C=O) groups is 2. The van der Waals surface area contributed by atoms with Gasteiger partial charge >= 0.3 is 5.97 Å². The summed E-state index contributed by atoms with van der Waals surface area (Å²) in [6, 6.07) is 0. The second-order valence-corrected chi connectivity index (χ2v) is 10.6. The van der Waals surface area contributed by atoms with Crippen LogP contribution in [0.25, 0.3) is 0 Å². The fourth-order valence-electron chi connectivity index (χ4n) is 8.57. The Morgan fingerprint density at radius 3 is 2.62 bits per heavy atom. The van der Waals surface area contributed by atoms with Gasteiger partial charge in [0.15, 0.2) is 6.29 Å². The van der Waals surface area contributed by atoms with Crippen LogP contribution in [0.2, 0.25) is 0 Å². The van der Waals surface area contributed by atoms with E-state index >= 15 is 0 Å². The second kappa shape index (κ2) is 6.02. The molecule has 0 aromatic heterocycles. The molecule has 11 atom stereocenters. The van der Waals surface area contributed by atoms with Crippen molar-refractivity contribution in [1.29, 1.82) is 0 Å². The monoisotopic (exact) mass is 408 g/mol. The van der Waals surface area contributed by atoms with Crippen molar-refractivity contribution >= 4 is 11.8 Å².